The van der Waals surface area contributed by atoms with E-state index < -0.39 is 23.7 Å². The lowest BCUT2D eigenvalue weighted by Crippen LogP contribution is -2.47. The molecule has 1 unspecified atom stereocenters. The van der Waals surface area contributed by atoms with E-state index in [0.717, 1.165) is 11.0 Å². The second-order valence-electron chi connectivity index (χ2n) is 3.78. The minimum absolute atomic E-state index is 0.215. The third-order valence-electron chi connectivity index (χ3n) is 2.79. The van der Waals surface area contributed by atoms with Gasteiger partial charge in [-0.25, -0.2) is 9.18 Å². The maximum absolute atomic E-state index is 13.0. The minimum atomic E-state index is -1.05. The Labute approximate surface area is 91.3 Å². The van der Waals surface area contributed by atoms with Crippen molar-refractivity contribution in [2.45, 2.75) is 12.5 Å². The Kier molecular flexibility index (Phi) is 2.38. The molecule has 1 heterocycles. The van der Waals surface area contributed by atoms with Gasteiger partial charge in [-0.05, 0) is 17.7 Å². The Morgan fingerprint density at radius 2 is 2.25 bits per heavy atom. The van der Waals surface area contributed by atoms with Gasteiger partial charge in [0.1, 0.15) is 11.9 Å². The molecule has 16 heavy (non-hydrogen) atoms. The van der Waals surface area contributed by atoms with Crippen molar-refractivity contribution < 1.29 is 19.1 Å². The summed E-state index contributed by atoms with van der Waals surface area (Å²) in [5.74, 6) is -1.99. The van der Waals surface area contributed by atoms with Gasteiger partial charge < -0.3 is 10.0 Å². The summed E-state index contributed by atoms with van der Waals surface area (Å²) in [7, 11) is 1.41. The molecule has 4 nitrogen and oxygen atoms in total. The molecule has 5 heteroatoms. The Hall–Kier alpha value is -1.91. The van der Waals surface area contributed by atoms with E-state index in [0.29, 0.717) is 5.56 Å². The van der Waals surface area contributed by atoms with Crippen molar-refractivity contribution in [3.05, 3.63) is 35.1 Å². The van der Waals surface area contributed by atoms with Crippen LogP contribution in [0.25, 0.3) is 0 Å². The molecular formula is C11H10FNO3. The van der Waals surface area contributed by atoms with E-state index in [1.54, 1.807) is 0 Å². The Balaban J connectivity index is 2.48. The van der Waals surface area contributed by atoms with Crippen LogP contribution in [0.2, 0.25) is 0 Å². The van der Waals surface area contributed by atoms with E-state index in [4.69, 9.17) is 5.11 Å². The summed E-state index contributed by atoms with van der Waals surface area (Å²) in [6, 6.07) is 2.97. The first kappa shape index (κ1) is 10.6. The highest BCUT2D eigenvalue weighted by molar-refractivity contribution is 5.99. The third-order valence-corrected chi connectivity index (χ3v) is 2.79. The maximum atomic E-state index is 13.0. The number of nitrogens with zero attached hydrogens (tertiary/aromatic N) is 1. The number of carboxylic acid groups (broad SMARTS) is 1. The number of benzene rings is 1. The summed E-state index contributed by atoms with van der Waals surface area (Å²) in [5, 5.41) is 8.94. The van der Waals surface area contributed by atoms with Crippen LogP contribution in [-0.2, 0) is 11.2 Å². The number of aliphatic carboxylic acids is 1. The van der Waals surface area contributed by atoms with Gasteiger partial charge in [0, 0.05) is 19.0 Å². The topological polar surface area (TPSA) is 57.6 Å². The lowest BCUT2D eigenvalue weighted by molar-refractivity contribution is -0.142. The summed E-state index contributed by atoms with van der Waals surface area (Å²) in [6.45, 7) is 0. The summed E-state index contributed by atoms with van der Waals surface area (Å²) in [5.41, 5.74) is 0.830. The van der Waals surface area contributed by atoms with E-state index in [2.05, 4.69) is 0 Å². The summed E-state index contributed by atoms with van der Waals surface area (Å²) >= 11 is 0. The SMILES string of the molecule is CN1C(=O)c2cc(F)ccc2CC1C(=O)O. The Morgan fingerprint density at radius 3 is 2.88 bits per heavy atom. The van der Waals surface area contributed by atoms with Crippen LogP contribution in [0.3, 0.4) is 0 Å². The quantitative estimate of drug-likeness (QED) is 0.769. The van der Waals surface area contributed by atoms with E-state index >= 15 is 0 Å². The van der Waals surface area contributed by atoms with Crippen LogP contribution >= 0.6 is 0 Å². The fraction of sp³-hybridized carbons (Fsp3) is 0.273. The zero-order valence-corrected chi connectivity index (χ0v) is 8.61. The number of hydrogen-bond donors (Lipinski definition) is 1. The highest BCUT2D eigenvalue weighted by atomic mass is 19.1. The molecule has 0 spiro atoms. The monoisotopic (exact) mass is 223 g/mol. The molecule has 1 aromatic carbocycles. The molecule has 0 saturated carbocycles. The molecule has 1 atom stereocenters. The molecule has 0 aromatic heterocycles. The molecule has 0 saturated heterocycles. The predicted molar refractivity (Wildman–Crippen MR) is 53.6 cm³/mol. The zero-order valence-electron chi connectivity index (χ0n) is 8.61. The van der Waals surface area contributed by atoms with E-state index in [1.165, 1.54) is 19.2 Å². The van der Waals surface area contributed by atoms with Gasteiger partial charge in [-0.3, -0.25) is 4.79 Å². The van der Waals surface area contributed by atoms with Crippen molar-refractivity contribution in [1.29, 1.82) is 0 Å². The van der Waals surface area contributed by atoms with Crippen LogP contribution in [0.5, 0.6) is 0 Å². The van der Waals surface area contributed by atoms with Crippen molar-refractivity contribution in [3.63, 3.8) is 0 Å². The first-order valence-electron chi connectivity index (χ1n) is 4.79. The molecule has 1 aliphatic heterocycles. The number of halogens is 1. The van der Waals surface area contributed by atoms with Gasteiger partial charge in [0.05, 0.1) is 0 Å². The van der Waals surface area contributed by atoms with Crippen LogP contribution in [0, 0.1) is 5.82 Å². The fourth-order valence-corrected chi connectivity index (χ4v) is 1.86. The Morgan fingerprint density at radius 1 is 1.56 bits per heavy atom. The number of carboxylic acids is 1. The fourth-order valence-electron chi connectivity index (χ4n) is 1.86. The first-order chi connectivity index (χ1) is 7.50. The van der Waals surface area contributed by atoms with E-state index in [9.17, 15) is 14.0 Å². The average Bonchev–Trinajstić information content (AvgIpc) is 2.23. The number of likely N-dealkylation sites (N-methyl/N-ethyl adjacent to an activating group) is 1. The van der Waals surface area contributed by atoms with Gasteiger partial charge in [-0.1, -0.05) is 6.07 Å². The smallest absolute Gasteiger partial charge is 0.326 e. The average molecular weight is 223 g/mol. The Bertz CT molecular complexity index is 472. The van der Waals surface area contributed by atoms with Crippen LogP contribution in [0.4, 0.5) is 4.39 Å². The van der Waals surface area contributed by atoms with Gasteiger partial charge in [-0.2, -0.15) is 0 Å². The molecule has 1 aliphatic rings. The van der Waals surface area contributed by atoms with Crippen LogP contribution in [-0.4, -0.2) is 35.0 Å². The van der Waals surface area contributed by atoms with Crippen LogP contribution in [0.15, 0.2) is 18.2 Å². The molecule has 2 rings (SSSR count). The molecular weight excluding hydrogens is 213 g/mol. The van der Waals surface area contributed by atoms with Crippen molar-refractivity contribution in [2.24, 2.45) is 0 Å². The van der Waals surface area contributed by atoms with Gasteiger partial charge in [0.2, 0.25) is 0 Å². The lowest BCUT2D eigenvalue weighted by Gasteiger charge is -2.30. The number of fused-ring (bicyclic) bond motifs is 1. The molecule has 1 aromatic rings. The first-order valence-corrected chi connectivity index (χ1v) is 4.79. The molecule has 0 bridgehead atoms. The summed E-state index contributed by atoms with van der Waals surface area (Å²) in [6.07, 6.45) is 0.215. The van der Waals surface area contributed by atoms with Gasteiger partial charge in [0.15, 0.2) is 0 Å². The molecule has 1 amide bonds. The third kappa shape index (κ3) is 1.54. The molecule has 0 radical (unpaired) electrons. The van der Waals surface area contributed by atoms with E-state index in [1.807, 2.05) is 0 Å². The molecule has 0 aliphatic carbocycles. The van der Waals surface area contributed by atoms with Gasteiger partial charge in [-0.15, -0.1) is 0 Å². The van der Waals surface area contributed by atoms with Crippen LogP contribution < -0.4 is 0 Å². The highest BCUT2D eigenvalue weighted by Crippen LogP contribution is 2.23. The highest BCUT2D eigenvalue weighted by Gasteiger charge is 2.34. The largest absolute Gasteiger partial charge is 0.480 e. The summed E-state index contributed by atoms with van der Waals surface area (Å²) < 4.78 is 13.0. The lowest BCUT2D eigenvalue weighted by atomic mass is 9.94. The zero-order chi connectivity index (χ0) is 11.9. The van der Waals surface area contributed by atoms with Crippen molar-refractivity contribution in [1.82, 2.24) is 4.90 Å². The second kappa shape index (κ2) is 3.59. The number of amides is 1. The minimum Gasteiger partial charge on any atom is -0.480 e. The van der Waals surface area contributed by atoms with Crippen molar-refractivity contribution >= 4 is 11.9 Å². The predicted octanol–water partition coefficient (Wildman–Crippen LogP) is 0.907. The second-order valence-corrected chi connectivity index (χ2v) is 3.78. The normalized spacial score (nSPS) is 19.5. The number of hydrogen-bond acceptors (Lipinski definition) is 2. The number of carbonyl (C=O) groups excluding carboxylic acids is 1. The standard InChI is InChI=1S/C11H10FNO3/c1-13-9(11(15)16)4-6-2-3-7(12)5-8(6)10(13)14/h2-3,5,9H,4H2,1H3,(H,15,16). The maximum Gasteiger partial charge on any atom is 0.326 e. The molecule has 84 valence electrons. The van der Waals surface area contributed by atoms with Crippen molar-refractivity contribution in [3.8, 4) is 0 Å². The van der Waals surface area contributed by atoms with Crippen LogP contribution in [0.1, 0.15) is 15.9 Å². The summed E-state index contributed by atoms with van der Waals surface area (Å²) in [4.78, 5) is 23.8. The number of carbonyl (C=O) groups is 2. The van der Waals surface area contributed by atoms with Crippen molar-refractivity contribution in [2.75, 3.05) is 7.05 Å². The van der Waals surface area contributed by atoms with Gasteiger partial charge in [0.25, 0.3) is 5.91 Å². The van der Waals surface area contributed by atoms with E-state index in [-0.39, 0.29) is 12.0 Å². The molecule has 1 N–H and O–H groups in total. The number of rotatable bonds is 1. The van der Waals surface area contributed by atoms with Gasteiger partial charge >= 0.3 is 5.97 Å². The molecule has 0 fully saturated rings.